The number of anilines is 1. The molecule has 0 unspecified atom stereocenters. The van der Waals surface area contributed by atoms with Crippen molar-refractivity contribution < 1.29 is 31.0 Å². The van der Waals surface area contributed by atoms with Crippen LogP contribution in [-0.2, 0) is 17.9 Å². The summed E-state index contributed by atoms with van der Waals surface area (Å²) in [6, 6.07) is 11.3. The van der Waals surface area contributed by atoms with Gasteiger partial charge in [-0.05, 0) is 56.9 Å². The number of pyridine rings is 1. The summed E-state index contributed by atoms with van der Waals surface area (Å²) < 4.78 is 19.5. The summed E-state index contributed by atoms with van der Waals surface area (Å²) in [6.45, 7) is 4.12. The molecule has 3 aliphatic heterocycles. The summed E-state index contributed by atoms with van der Waals surface area (Å²) >= 11 is 4.84. The van der Waals surface area contributed by atoms with Gasteiger partial charge in [0.25, 0.3) is 5.56 Å². The lowest BCUT2D eigenvalue weighted by Crippen LogP contribution is -3.00. The molecule has 0 bridgehead atoms. The van der Waals surface area contributed by atoms with Gasteiger partial charge >= 0.3 is 6.03 Å². The first kappa shape index (κ1) is 37.3. The smallest absolute Gasteiger partial charge is 0.315 e. The number of hydrogen-bond acceptors (Lipinski definition) is 7. The fourth-order valence-corrected chi connectivity index (χ4v) is 10.6. The third kappa shape index (κ3) is 8.84. The SMILES string of the molecule is CCn1c(=O)/c(=C2\Sc3cc(F)ccc3N2C)s/c1=C\c1cccc[n+]1CCCCCCNC(=O)CCCC[C@@H]1SC[C@@H]2NC(=O)N[C@@H]21.[Cl-]. The second-order valence-electron chi connectivity index (χ2n) is 12.5. The van der Waals surface area contributed by atoms with Crippen LogP contribution in [0.5, 0.6) is 0 Å². The Morgan fingerprint density at radius 1 is 1.10 bits per heavy atom. The first-order valence-corrected chi connectivity index (χ1v) is 19.6. The van der Waals surface area contributed by atoms with Gasteiger partial charge < -0.3 is 33.3 Å². The maximum absolute atomic E-state index is 13.9. The van der Waals surface area contributed by atoms with Gasteiger partial charge in [-0.1, -0.05) is 24.6 Å². The van der Waals surface area contributed by atoms with E-state index in [4.69, 9.17) is 0 Å². The van der Waals surface area contributed by atoms with E-state index in [0.717, 1.165) is 83.2 Å². The molecule has 3 N–H and O–H groups in total. The number of nitrogens with one attached hydrogen (secondary N) is 3. The van der Waals surface area contributed by atoms with Crippen molar-refractivity contribution >= 4 is 63.6 Å². The summed E-state index contributed by atoms with van der Waals surface area (Å²) in [6.07, 6.45) is 11.7. The molecule has 2 fully saturated rings. The Labute approximate surface area is 305 Å². The molecule has 1 aromatic carbocycles. The summed E-state index contributed by atoms with van der Waals surface area (Å²) in [5.74, 6) is 0.813. The Hall–Kier alpha value is -3.00. The van der Waals surface area contributed by atoms with Crippen molar-refractivity contribution in [2.45, 2.75) is 93.6 Å². The normalized spacial score (nSPS) is 20.9. The minimum absolute atomic E-state index is 0. The van der Waals surface area contributed by atoms with Gasteiger partial charge in [0, 0.05) is 67.1 Å². The number of hydrogen-bond donors (Lipinski definition) is 3. The molecule has 2 saturated heterocycles. The van der Waals surface area contributed by atoms with Crippen LogP contribution < -0.4 is 52.6 Å². The van der Waals surface area contributed by atoms with E-state index in [1.54, 1.807) is 6.07 Å². The first-order chi connectivity index (χ1) is 23.3. The van der Waals surface area contributed by atoms with E-state index in [1.165, 1.54) is 35.2 Å². The Morgan fingerprint density at radius 2 is 1.94 bits per heavy atom. The van der Waals surface area contributed by atoms with Crippen molar-refractivity contribution in [3.8, 4) is 0 Å². The number of rotatable bonds is 14. The van der Waals surface area contributed by atoms with E-state index in [-0.39, 0.29) is 47.8 Å². The van der Waals surface area contributed by atoms with Crippen molar-refractivity contribution in [1.82, 2.24) is 20.5 Å². The molecule has 3 aromatic rings. The van der Waals surface area contributed by atoms with E-state index in [0.29, 0.717) is 29.3 Å². The predicted molar refractivity (Wildman–Crippen MR) is 193 cm³/mol. The molecule has 264 valence electrons. The summed E-state index contributed by atoms with van der Waals surface area (Å²) in [7, 11) is 1.92. The van der Waals surface area contributed by atoms with Crippen LogP contribution in [0.4, 0.5) is 14.9 Å². The van der Waals surface area contributed by atoms with Crippen LogP contribution in [0, 0.1) is 5.82 Å². The minimum Gasteiger partial charge on any atom is -1.00 e. The fourth-order valence-electron chi connectivity index (χ4n) is 6.60. The number of fused-ring (bicyclic) bond motifs is 2. The number of unbranched alkanes of at least 4 members (excludes halogenated alkanes) is 4. The average Bonchev–Trinajstić information content (AvgIpc) is 3.80. The maximum Gasteiger partial charge on any atom is 0.315 e. The zero-order chi connectivity index (χ0) is 33.6. The molecular weight excluding hydrogens is 703 g/mol. The third-order valence-corrected chi connectivity index (χ3v) is 13.2. The Bertz CT molecular complexity index is 1840. The average molecular weight is 747 g/mol. The number of thioether (sulfide) groups is 2. The number of thiazole rings is 1. The predicted octanol–water partition coefficient (Wildman–Crippen LogP) is 0.899. The molecule has 3 aliphatic rings. The van der Waals surface area contributed by atoms with Crippen LogP contribution in [0.3, 0.4) is 0 Å². The van der Waals surface area contributed by atoms with Gasteiger partial charge in [0.15, 0.2) is 6.20 Å². The summed E-state index contributed by atoms with van der Waals surface area (Å²) in [5.41, 5.74) is 1.92. The van der Waals surface area contributed by atoms with Gasteiger partial charge in [-0.25, -0.2) is 9.18 Å². The topological polar surface area (TPSA) is 99.3 Å². The first-order valence-electron chi connectivity index (χ1n) is 16.9. The van der Waals surface area contributed by atoms with Gasteiger partial charge in [-0.3, -0.25) is 14.2 Å². The molecule has 0 radical (unpaired) electrons. The van der Waals surface area contributed by atoms with Crippen molar-refractivity contribution in [2.75, 3.05) is 24.2 Å². The molecule has 5 heterocycles. The summed E-state index contributed by atoms with van der Waals surface area (Å²) in [4.78, 5) is 40.2. The molecule has 6 rings (SSSR count). The number of nitrogens with zero attached hydrogens (tertiary/aromatic N) is 3. The van der Waals surface area contributed by atoms with E-state index in [1.807, 2.05) is 47.3 Å². The van der Waals surface area contributed by atoms with E-state index >= 15 is 0 Å². The molecule has 14 heteroatoms. The van der Waals surface area contributed by atoms with Crippen LogP contribution in [0.25, 0.3) is 11.1 Å². The van der Waals surface area contributed by atoms with Gasteiger partial charge in [-0.2, -0.15) is 16.3 Å². The van der Waals surface area contributed by atoms with Crippen molar-refractivity contribution in [1.29, 1.82) is 0 Å². The zero-order valence-electron chi connectivity index (χ0n) is 27.9. The highest BCUT2D eigenvalue weighted by Gasteiger charge is 2.42. The highest BCUT2D eigenvalue weighted by atomic mass is 35.5. The van der Waals surface area contributed by atoms with Crippen LogP contribution >= 0.6 is 34.9 Å². The van der Waals surface area contributed by atoms with Gasteiger partial charge in [0.2, 0.25) is 11.6 Å². The quantitative estimate of drug-likeness (QED) is 0.129. The Balaban J connectivity index is 0.00000468. The molecule has 3 atom stereocenters. The molecule has 49 heavy (non-hydrogen) atoms. The lowest BCUT2D eigenvalue weighted by atomic mass is 10.0. The molecule has 0 saturated carbocycles. The molecule has 9 nitrogen and oxygen atoms in total. The Kier molecular flexibility index (Phi) is 13.1. The monoisotopic (exact) mass is 746 g/mol. The minimum atomic E-state index is -0.280. The maximum atomic E-state index is 13.9. The van der Waals surface area contributed by atoms with Crippen molar-refractivity contribution in [3.05, 3.63) is 73.7 Å². The summed E-state index contributed by atoms with van der Waals surface area (Å²) in [5, 5.41) is 10.4. The molecule has 3 amide bonds. The van der Waals surface area contributed by atoms with E-state index in [2.05, 4.69) is 38.9 Å². The lowest BCUT2D eigenvalue weighted by molar-refractivity contribution is -0.699. The second-order valence-corrected chi connectivity index (χ2v) is 15.8. The highest BCUT2D eigenvalue weighted by Crippen LogP contribution is 2.45. The van der Waals surface area contributed by atoms with Crippen LogP contribution in [0.2, 0.25) is 0 Å². The number of benzene rings is 1. The fraction of sp³-hybridized carbons (Fsp3) is 0.486. The van der Waals surface area contributed by atoms with Crippen molar-refractivity contribution in [3.63, 3.8) is 0 Å². The Morgan fingerprint density at radius 3 is 2.78 bits per heavy atom. The number of aryl methyl sites for hydroxylation is 1. The molecule has 2 aromatic heterocycles. The molecule has 0 spiro atoms. The third-order valence-electron chi connectivity index (χ3n) is 9.19. The number of amides is 3. The lowest BCUT2D eigenvalue weighted by Gasteiger charge is -2.16. The largest absolute Gasteiger partial charge is 1.00 e. The van der Waals surface area contributed by atoms with Crippen LogP contribution in [-0.4, -0.2) is 53.2 Å². The number of halogens is 2. The second kappa shape index (κ2) is 17.3. The zero-order valence-corrected chi connectivity index (χ0v) is 31.1. The van der Waals surface area contributed by atoms with Crippen LogP contribution in [0.1, 0.15) is 64.0 Å². The molecular formula is C35H44ClFN6O3S3. The van der Waals surface area contributed by atoms with Gasteiger partial charge in [-0.15, -0.1) is 11.3 Å². The van der Waals surface area contributed by atoms with Crippen molar-refractivity contribution in [2.24, 2.45) is 0 Å². The van der Waals surface area contributed by atoms with E-state index < -0.39 is 0 Å². The number of carbonyl (C=O) groups excluding carboxylic acids is 2. The number of urea groups is 1. The van der Waals surface area contributed by atoms with Crippen LogP contribution in [0.15, 0.2) is 52.3 Å². The van der Waals surface area contributed by atoms with Gasteiger partial charge in [0.05, 0.1) is 17.8 Å². The van der Waals surface area contributed by atoms with E-state index in [9.17, 15) is 18.8 Å². The number of carbonyl (C=O) groups is 2. The standard InChI is InChI=1S/C35H43FN6O3S3.ClH/c1-3-42-30(48-32(33(42)44)34-40(2)26-16-15-23(36)20-28(26)47-34)21-24-12-8-11-19-41(24)18-10-5-4-9-17-37-29(43)14-7-6-13-27-31-25(22-46-27)38-35(45)39-31;/h8,11-12,15-16,19-21,25,27,31H,3-7,9-10,13-14,17-18,22H2,1-2H3,(H2-,37,38,39,43,45);1H/b34-32+;/t25-,27-,31-;/m0./s1. The highest BCUT2D eigenvalue weighted by molar-refractivity contribution is 8.08. The number of aromatic nitrogens is 2. The van der Waals surface area contributed by atoms with Gasteiger partial charge in [0.1, 0.15) is 26.6 Å². The molecule has 0 aliphatic carbocycles.